The first kappa shape index (κ1) is 16.7. The van der Waals surface area contributed by atoms with Gasteiger partial charge in [-0.3, -0.25) is 9.69 Å². The molecule has 0 N–H and O–H groups in total. The molecule has 2 aliphatic rings. The average molecular weight is 339 g/mol. The molecule has 3 rings (SSSR count). The molecule has 2 heterocycles. The van der Waals surface area contributed by atoms with E-state index in [4.69, 9.17) is 21.1 Å². The highest BCUT2D eigenvalue weighted by Gasteiger charge is 2.24. The van der Waals surface area contributed by atoms with Gasteiger partial charge in [0.25, 0.3) is 0 Å². The molecule has 0 radical (unpaired) electrons. The van der Waals surface area contributed by atoms with Gasteiger partial charge in [0.05, 0.1) is 25.9 Å². The van der Waals surface area contributed by atoms with Gasteiger partial charge in [-0.15, -0.1) is 0 Å². The van der Waals surface area contributed by atoms with E-state index in [1.54, 1.807) is 0 Å². The number of nitrogens with zero attached hydrogens (tertiary/aromatic N) is 2. The van der Waals surface area contributed by atoms with Crippen LogP contribution < -0.4 is 0 Å². The van der Waals surface area contributed by atoms with Gasteiger partial charge in [0.15, 0.2) is 0 Å². The summed E-state index contributed by atoms with van der Waals surface area (Å²) in [6.07, 6.45) is 0.533. The van der Waals surface area contributed by atoms with Crippen LogP contribution in [0.4, 0.5) is 0 Å². The number of benzene rings is 1. The van der Waals surface area contributed by atoms with Gasteiger partial charge in [-0.05, 0) is 6.07 Å². The maximum absolute atomic E-state index is 12.2. The summed E-state index contributed by atoms with van der Waals surface area (Å²) in [7, 11) is 0. The molecule has 2 fully saturated rings. The molecule has 0 aromatic heterocycles. The van der Waals surface area contributed by atoms with Crippen LogP contribution in [0.1, 0.15) is 18.1 Å². The van der Waals surface area contributed by atoms with E-state index in [1.165, 1.54) is 0 Å². The van der Waals surface area contributed by atoms with Crippen LogP contribution in [0.3, 0.4) is 0 Å². The molecule has 23 heavy (non-hydrogen) atoms. The lowest BCUT2D eigenvalue weighted by Crippen LogP contribution is -2.44. The Morgan fingerprint density at radius 2 is 1.96 bits per heavy atom. The lowest BCUT2D eigenvalue weighted by Gasteiger charge is -2.34. The van der Waals surface area contributed by atoms with Crippen LogP contribution in [0.15, 0.2) is 24.3 Å². The van der Waals surface area contributed by atoms with Gasteiger partial charge < -0.3 is 14.4 Å². The largest absolute Gasteiger partial charge is 0.378 e. The molecule has 1 amide bonds. The second kappa shape index (κ2) is 8.11. The highest BCUT2D eigenvalue weighted by atomic mass is 35.5. The van der Waals surface area contributed by atoms with Gasteiger partial charge in [0.2, 0.25) is 5.91 Å². The smallest absolute Gasteiger partial charge is 0.224 e. The predicted molar refractivity (Wildman–Crippen MR) is 88.6 cm³/mol. The molecule has 0 saturated carbocycles. The van der Waals surface area contributed by atoms with Crippen LogP contribution in [-0.4, -0.2) is 68.3 Å². The summed E-state index contributed by atoms with van der Waals surface area (Å²) in [5.74, 6) is 0.217. The lowest BCUT2D eigenvalue weighted by molar-refractivity contribution is -0.136. The van der Waals surface area contributed by atoms with Crippen molar-refractivity contribution in [2.24, 2.45) is 0 Å². The van der Waals surface area contributed by atoms with E-state index >= 15 is 0 Å². The molecule has 5 nitrogen and oxygen atoms in total. The fourth-order valence-corrected chi connectivity index (χ4v) is 3.31. The molecule has 1 unspecified atom stereocenters. The molecule has 1 aromatic rings. The standard InChI is InChI=1S/C17H23ClN2O3/c18-15-4-2-1-3-14(15)16-13-19(7-12-23-16)6-5-17(21)20-8-10-22-11-9-20/h1-4,16H,5-13H2. The molecule has 2 aliphatic heterocycles. The highest BCUT2D eigenvalue weighted by Crippen LogP contribution is 2.28. The number of carbonyl (C=O) groups excluding carboxylic acids is 1. The molecular formula is C17H23ClN2O3. The molecule has 126 valence electrons. The first-order valence-electron chi connectivity index (χ1n) is 8.18. The summed E-state index contributed by atoms with van der Waals surface area (Å²) in [6.45, 7) is 5.80. The minimum atomic E-state index is -0.0176. The number of rotatable bonds is 4. The maximum Gasteiger partial charge on any atom is 0.224 e. The van der Waals surface area contributed by atoms with E-state index < -0.39 is 0 Å². The third-order valence-corrected chi connectivity index (χ3v) is 4.75. The van der Waals surface area contributed by atoms with Crippen molar-refractivity contribution in [3.63, 3.8) is 0 Å². The van der Waals surface area contributed by atoms with E-state index in [0.717, 1.165) is 30.2 Å². The molecule has 2 saturated heterocycles. The Morgan fingerprint density at radius 1 is 1.17 bits per heavy atom. The fourth-order valence-electron chi connectivity index (χ4n) is 3.05. The van der Waals surface area contributed by atoms with Crippen molar-refractivity contribution in [2.45, 2.75) is 12.5 Å². The van der Waals surface area contributed by atoms with Gasteiger partial charge in [0.1, 0.15) is 0 Å². The average Bonchev–Trinajstić information content (AvgIpc) is 2.61. The first-order chi connectivity index (χ1) is 11.2. The Kier molecular flexibility index (Phi) is 5.89. The van der Waals surface area contributed by atoms with E-state index in [9.17, 15) is 4.79 Å². The third-order valence-electron chi connectivity index (χ3n) is 4.41. The monoisotopic (exact) mass is 338 g/mol. The number of morpholine rings is 2. The summed E-state index contributed by atoms with van der Waals surface area (Å²) in [5.41, 5.74) is 1.03. The predicted octanol–water partition coefficient (Wildman–Crippen LogP) is 1.96. The molecule has 1 atom stereocenters. The molecule has 0 aliphatic carbocycles. The van der Waals surface area contributed by atoms with Gasteiger partial charge in [0, 0.05) is 49.7 Å². The summed E-state index contributed by atoms with van der Waals surface area (Å²) < 4.78 is 11.1. The minimum absolute atomic E-state index is 0.0176. The molecule has 0 bridgehead atoms. The summed E-state index contributed by atoms with van der Waals surface area (Å²) in [5, 5.41) is 0.740. The molecule has 0 spiro atoms. The number of halogens is 1. The van der Waals surface area contributed by atoms with Crippen molar-refractivity contribution < 1.29 is 14.3 Å². The van der Waals surface area contributed by atoms with E-state index in [2.05, 4.69) is 4.90 Å². The third kappa shape index (κ3) is 4.44. The molecular weight excluding hydrogens is 316 g/mol. The van der Waals surface area contributed by atoms with Crippen molar-refractivity contribution in [3.8, 4) is 0 Å². The van der Waals surface area contributed by atoms with Crippen molar-refractivity contribution in [1.82, 2.24) is 9.80 Å². The normalized spacial score (nSPS) is 23.0. The summed E-state index contributed by atoms with van der Waals surface area (Å²) in [6, 6.07) is 7.80. The topological polar surface area (TPSA) is 42.0 Å². The Labute approximate surface area is 142 Å². The number of ether oxygens (including phenoxy) is 2. The summed E-state index contributed by atoms with van der Waals surface area (Å²) in [4.78, 5) is 16.4. The molecule has 6 heteroatoms. The highest BCUT2D eigenvalue weighted by molar-refractivity contribution is 6.31. The van der Waals surface area contributed by atoms with Crippen LogP contribution in [0.25, 0.3) is 0 Å². The lowest BCUT2D eigenvalue weighted by atomic mass is 10.1. The fraction of sp³-hybridized carbons (Fsp3) is 0.588. The zero-order chi connectivity index (χ0) is 16.1. The van der Waals surface area contributed by atoms with Crippen LogP contribution in [0.2, 0.25) is 5.02 Å². The second-order valence-corrected chi connectivity index (χ2v) is 6.33. The Hall–Kier alpha value is -1.14. The van der Waals surface area contributed by atoms with E-state index in [-0.39, 0.29) is 12.0 Å². The van der Waals surface area contributed by atoms with Crippen molar-refractivity contribution in [2.75, 3.05) is 52.5 Å². The van der Waals surface area contributed by atoms with E-state index in [1.807, 2.05) is 29.2 Å². The number of hydrogen-bond donors (Lipinski definition) is 0. The van der Waals surface area contributed by atoms with E-state index in [0.29, 0.717) is 39.3 Å². The number of amides is 1. The number of carbonyl (C=O) groups is 1. The van der Waals surface area contributed by atoms with Gasteiger partial charge >= 0.3 is 0 Å². The van der Waals surface area contributed by atoms with Gasteiger partial charge in [-0.2, -0.15) is 0 Å². The quantitative estimate of drug-likeness (QED) is 0.841. The first-order valence-corrected chi connectivity index (χ1v) is 8.56. The minimum Gasteiger partial charge on any atom is -0.378 e. The van der Waals surface area contributed by atoms with Crippen LogP contribution in [0.5, 0.6) is 0 Å². The number of hydrogen-bond acceptors (Lipinski definition) is 4. The SMILES string of the molecule is O=C(CCN1CCOC(c2ccccc2Cl)C1)N1CCOCC1. The second-order valence-electron chi connectivity index (χ2n) is 5.92. The maximum atomic E-state index is 12.2. The Bertz CT molecular complexity index is 534. The Morgan fingerprint density at radius 3 is 2.74 bits per heavy atom. The Balaban J connectivity index is 1.51. The zero-order valence-corrected chi connectivity index (χ0v) is 14.0. The summed E-state index contributed by atoms with van der Waals surface area (Å²) >= 11 is 6.26. The zero-order valence-electron chi connectivity index (χ0n) is 13.2. The molecule has 1 aromatic carbocycles. The van der Waals surface area contributed by atoms with Crippen molar-refractivity contribution in [3.05, 3.63) is 34.9 Å². The van der Waals surface area contributed by atoms with Crippen molar-refractivity contribution in [1.29, 1.82) is 0 Å². The van der Waals surface area contributed by atoms with Gasteiger partial charge in [-0.25, -0.2) is 0 Å². The van der Waals surface area contributed by atoms with Crippen LogP contribution in [0, 0.1) is 0 Å². The van der Waals surface area contributed by atoms with Crippen LogP contribution in [-0.2, 0) is 14.3 Å². The van der Waals surface area contributed by atoms with Gasteiger partial charge in [-0.1, -0.05) is 29.8 Å². The van der Waals surface area contributed by atoms with Crippen molar-refractivity contribution >= 4 is 17.5 Å². The van der Waals surface area contributed by atoms with Crippen LogP contribution >= 0.6 is 11.6 Å².